The Hall–Kier alpha value is -3.16. The number of aromatic nitrogens is 1. The number of carbonyl (C=O) groups excluding carboxylic acids is 1. The summed E-state index contributed by atoms with van der Waals surface area (Å²) in [5.74, 6) is -0.815. The van der Waals surface area contributed by atoms with Crippen molar-refractivity contribution < 1.29 is 22.4 Å². The molecule has 1 aromatic heterocycles. The fourth-order valence-corrected chi connectivity index (χ4v) is 4.39. The van der Waals surface area contributed by atoms with Gasteiger partial charge >= 0.3 is 6.18 Å². The monoisotopic (exact) mass is 446 g/mol. The second kappa shape index (κ2) is 8.41. The number of hydrogen-bond donors (Lipinski definition) is 0. The number of fused-ring (bicyclic) bond motifs is 1. The highest BCUT2D eigenvalue weighted by atomic mass is 19.4. The summed E-state index contributed by atoms with van der Waals surface area (Å²) in [5.41, 5.74) is -0.519. The van der Waals surface area contributed by atoms with Crippen molar-refractivity contribution in [3.63, 3.8) is 0 Å². The average Bonchev–Trinajstić information content (AvgIpc) is 3.19. The number of halogens is 4. The Bertz CT molecular complexity index is 1230. The summed E-state index contributed by atoms with van der Waals surface area (Å²) in [7, 11) is 0. The molecule has 1 aliphatic heterocycles. The van der Waals surface area contributed by atoms with E-state index in [-0.39, 0.29) is 35.3 Å². The predicted octanol–water partition coefficient (Wildman–Crippen LogP) is 4.70. The van der Waals surface area contributed by atoms with E-state index in [4.69, 9.17) is 0 Å². The lowest BCUT2D eigenvalue weighted by Gasteiger charge is -2.28. The van der Waals surface area contributed by atoms with Crippen LogP contribution in [0.2, 0.25) is 0 Å². The molecule has 4 nitrogen and oxygen atoms in total. The molecule has 1 amide bonds. The van der Waals surface area contributed by atoms with Crippen LogP contribution < -0.4 is 5.43 Å². The SMILES string of the molecule is Cc1ccc2c(c1)c(=O)cc(C(F)(F)F)n2C[C@H]1CCCN1C(=O)Cc1ccccc1F. The van der Waals surface area contributed by atoms with Crippen LogP contribution in [-0.2, 0) is 23.9 Å². The molecule has 0 radical (unpaired) electrons. The predicted molar refractivity (Wildman–Crippen MR) is 113 cm³/mol. The third-order valence-corrected chi connectivity index (χ3v) is 5.95. The molecule has 2 aromatic carbocycles. The molecule has 1 fully saturated rings. The van der Waals surface area contributed by atoms with Gasteiger partial charge in [0, 0.05) is 30.6 Å². The van der Waals surface area contributed by atoms with E-state index in [1.165, 1.54) is 29.2 Å². The van der Waals surface area contributed by atoms with Crippen molar-refractivity contribution >= 4 is 16.8 Å². The van der Waals surface area contributed by atoms with Crippen LogP contribution in [0.1, 0.15) is 29.7 Å². The molecular formula is C24H22F4N2O2. The Balaban J connectivity index is 1.70. The first-order valence-corrected chi connectivity index (χ1v) is 10.4. The molecule has 1 aliphatic rings. The van der Waals surface area contributed by atoms with Gasteiger partial charge in [0.2, 0.25) is 5.91 Å². The van der Waals surface area contributed by atoms with Crippen LogP contribution in [0.5, 0.6) is 0 Å². The van der Waals surface area contributed by atoms with Crippen LogP contribution in [0.25, 0.3) is 10.9 Å². The number of aryl methyl sites for hydroxylation is 1. The number of carbonyl (C=O) groups is 1. The molecule has 0 bridgehead atoms. The Kier molecular flexibility index (Phi) is 5.79. The lowest BCUT2D eigenvalue weighted by Crippen LogP contribution is -2.40. The standard InChI is InChI=1S/C24H22F4N2O2/c1-15-8-9-20-18(11-15)21(31)13-22(24(26,27)28)30(20)14-17-6-4-10-29(17)23(32)12-16-5-2-3-7-19(16)25/h2-3,5,7-9,11,13,17H,4,6,10,12,14H2,1H3/t17-/m1/s1. The van der Waals surface area contributed by atoms with Crippen LogP contribution in [0.3, 0.4) is 0 Å². The number of rotatable bonds is 4. The average molecular weight is 446 g/mol. The molecule has 0 saturated carbocycles. The number of likely N-dealkylation sites (tertiary alicyclic amines) is 1. The first-order chi connectivity index (χ1) is 15.1. The topological polar surface area (TPSA) is 42.3 Å². The molecule has 0 N–H and O–H groups in total. The van der Waals surface area contributed by atoms with Gasteiger partial charge in [-0.25, -0.2) is 4.39 Å². The molecule has 2 heterocycles. The maximum Gasteiger partial charge on any atom is 0.431 e. The number of nitrogens with zero attached hydrogens (tertiary/aromatic N) is 2. The first kappa shape index (κ1) is 22.0. The summed E-state index contributed by atoms with van der Waals surface area (Å²) in [6.45, 7) is 2.06. The molecule has 168 valence electrons. The van der Waals surface area contributed by atoms with Crippen molar-refractivity contribution in [3.8, 4) is 0 Å². The molecule has 0 aliphatic carbocycles. The smallest absolute Gasteiger partial charge is 0.338 e. The summed E-state index contributed by atoms with van der Waals surface area (Å²) in [4.78, 5) is 26.8. The van der Waals surface area contributed by atoms with Crippen molar-refractivity contribution in [1.29, 1.82) is 0 Å². The first-order valence-electron chi connectivity index (χ1n) is 10.4. The zero-order valence-electron chi connectivity index (χ0n) is 17.5. The van der Waals surface area contributed by atoms with Crippen molar-refractivity contribution in [2.45, 2.75) is 44.9 Å². The van der Waals surface area contributed by atoms with Gasteiger partial charge in [-0.3, -0.25) is 9.59 Å². The number of hydrogen-bond acceptors (Lipinski definition) is 2. The Morgan fingerprint density at radius 1 is 1.12 bits per heavy atom. The van der Waals surface area contributed by atoms with Crippen molar-refractivity contribution in [2.75, 3.05) is 6.54 Å². The zero-order chi connectivity index (χ0) is 23.0. The molecule has 1 saturated heterocycles. The van der Waals surface area contributed by atoms with Gasteiger partial charge in [0.1, 0.15) is 11.5 Å². The molecular weight excluding hydrogens is 424 g/mol. The van der Waals surface area contributed by atoms with E-state index in [0.29, 0.717) is 25.5 Å². The van der Waals surface area contributed by atoms with Crippen LogP contribution >= 0.6 is 0 Å². The number of amides is 1. The van der Waals surface area contributed by atoms with E-state index in [1.54, 1.807) is 25.1 Å². The van der Waals surface area contributed by atoms with Gasteiger partial charge in [-0.2, -0.15) is 13.2 Å². The lowest BCUT2D eigenvalue weighted by atomic mass is 10.1. The van der Waals surface area contributed by atoms with Gasteiger partial charge in [-0.1, -0.05) is 29.8 Å². The van der Waals surface area contributed by atoms with Gasteiger partial charge in [0.25, 0.3) is 0 Å². The fraction of sp³-hybridized carbons (Fsp3) is 0.333. The van der Waals surface area contributed by atoms with Gasteiger partial charge < -0.3 is 9.47 Å². The minimum absolute atomic E-state index is 0.0995. The van der Waals surface area contributed by atoms with E-state index in [0.717, 1.165) is 10.1 Å². The quantitative estimate of drug-likeness (QED) is 0.545. The second-order valence-electron chi connectivity index (χ2n) is 8.17. The largest absolute Gasteiger partial charge is 0.431 e. The molecule has 0 unspecified atom stereocenters. The zero-order valence-corrected chi connectivity index (χ0v) is 17.5. The Labute approximate surface area is 182 Å². The van der Waals surface area contributed by atoms with Gasteiger partial charge in [-0.15, -0.1) is 0 Å². The number of benzene rings is 2. The van der Waals surface area contributed by atoms with Gasteiger partial charge in [0.15, 0.2) is 5.43 Å². The molecule has 1 atom stereocenters. The molecule has 0 spiro atoms. The number of alkyl halides is 3. The Morgan fingerprint density at radius 3 is 2.59 bits per heavy atom. The molecule has 3 aromatic rings. The van der Waals surface area contributed by atoms with Crippen LogP contribution in [0.15, 0.2) is 53.3 Å². The summed E-state index contributed by atoms with van der Waals surface area (Å²) >= 11 is 0. The maximum atomic E-state index is 14.0. The van der Waals surface area contributed by atoms with E-state index >= 15 is 0 Å². The highest BCUT2D eigenvalue weighted by Gasteiger charge is 2.37. The Morgan fingerprint density at radius 2 is 1.88 bits per heavy atom. The van der Waals surface area contributed by atoms with E-state index < -0.39 is 29.2 Å². The van der Waals surface area contributed by atoms with E-state index in [1.807, 2.05) is 0 Å². The van der Waals surface area contributed by atoms with Crippen molar-refractivity contribution in [3.05, 3.63) is 81.4 Å². The summed E-state index contributed by atoms with van der Waals surface area (Å²) < 4.78 is 56.5. The van der Waals surface area contributed by atoms with Gasteiger partial charge in [0.05, 0.1) is 11.9 Å². The highest BCUT2D eigenvalue weighted by Crippen LogP contribution is 2.32. The summed E-state index contributed by atoms with van der Waals surface area (Å²) in [5, 5.41) is 0.209. The van der Waals surface area contributed by atoms with Crippen molar-refractivity contribution in [1.82, 2.24) is 9.47 Å². The van der Waals surface area contributed by atoms with Crippen LogP contribution in [0, 0.1) is 12.7 Å². The molecule has 8 heteroatoms. The van der Waals surface area contributed by atoms with E-state index in [9.17, 15) is 27.2 Å². The van der Waals surface area contributed by atoms with E-state index in [2.05, 4.69) is 0 Å². The molecule has 4 rings (SSSR count). The molecule has 32 heavy (non-hydrogen) atoms. The minimum Gasteiger partial charge on any atom is -0.338 e. The number of pyridine rings is 1. The summed E-state index contributed by atoms with van der Waals surface area (Å²) in [6.07, 6.45) is -3.70. The minimum atomic E-state index is -4.72. The summed E-state index contributed by atoms with van der Waals surface area (Å²) in [6, 6.07) is 10.9. The third kappa shape index (κ3) is 4.26. The second-order valence-corrected chi connectivity index (χ2v) is 8.17. The maximum absolute atomic E-state index is 14.0. The van der Waals surface area contributed by atoms with Crippen molar-refractivity contribution in [2.24, 2.45) is 0 Å². The lowest BCUT2D eigenvalue weighted by molar-refractivity contribution is -0.144. The van der Waals surface area contributed by atoms with Gasteiger partial charge in [-0.05, 0) is 43.5 Å². The van der Waals surface area contributed by atoms with Crippen LogP contribution in [0.4, 0.5) is 17.6 Å². The highest BCUT2D eigenvalue weighted by molar-refractivity contribution is 5.81. The fourth-order valence-electron chi connectivity index (χ4n) is 4.39. The van der Waals surface area contributed by atoms with Crippen LogP contribution in [-0.4, -0.2) is 28.0 Å². The normalized spacial score (nSPS) is 16.7. The third-order valence-electron chi connectivity index (χ3n) is 5.95.